The second-order valence-corrected chi connectivity index (χ2v) is 14.5. The van der Waals surface area contributed by atoms with E-state index in [1.54, 1.807) is 5.56 Å². The summed E-state index contributed by atoms with van der Waals surface area (Å²) in [5, 5.41) is 6.98. The molecule has 0 saturated heterocycles. The van der Waals surface area contributed by atoms with Crippen molar-refractivity contribution in [1.82, 2.24) is 4.40 Å². The molecule has 11 rings (SSSR count). The fourth-order valence-electron chi connectivity index (χ4n) is 10.5. The van der Waals surface area contributed by atoms with Gasteiger partial charge in [0.1, 0.15) is 7.05 Å². The van der Waals surface area contributed by atoms with E-state index in [1.165, 1.54) is 110 Å². The standard InChI is InChI=1S/C40H37N2/c1-23-13-33-32-18-29(28-7-5-4-6-8-28)9-10-34(32)42-35-19-31(40-20-25-14-26(21-40)16-27(15-25)22-40)17-30-11-12-41(3)39(37(30)35)36(24(23)2)38(33)42/h4-13,17-19,25-27H,14-16,20-22H2,1-3H3/q+1. The lowest BCUT2D eigenvalue weighted by atomic mass is 9.48. The minimum absolute atomic E-state index is 0.365. The molecular weight excluding hydrogens is 508 g/mol. The fraction of sp³-hybridized carbons (Fsp3) is 0.325. The first-order valence-corrected chi connectivity index (χ1v) is 16.1. The van der Waals surface area contributed by atoms with Crippen molar-refractivity contribution in [2.45, 2.75) is 57.8 Å². The SMILES string of the molecule is Cc1cc2c3cc(-c4ccccc4)ccc3n3c4cc(C56CC7CC(CC(C7)C5)C6)cc5cc[n+](C)c(c(c1C)c23)c54. The molecule has 4 aliphatic carbocycles. The summed E-state index contributed by atoms with van der Waals surface area (Å²) in [5.41, 5.74) is 12.8. The molecule has 0 atom stereocenters. The average molecular weight is 546 g/mol. The van der Waals surface area contributed by atoms with E-state index in [0.717, 1.165) is 17.8 Å². The molecule has 3 heterocycles. The lowest BCUT2D eigenvalue weighted by Gasteiger charge is -2.57. The van der Waals surface area contributed by atoms with Gasteiger partial charge >= 0.3 is 0 Å². The van der Waals surface area contributed by atoms with Gasteiger partial charge in [-0.25, -0.2) is 4.57 Å². The maximum absolute atomic E-state index is 2.65. The number of hydrogen-bond donors (Lipinski definition) is 0. The number of hydrogen-bond acceptors (Lipinski definition) is 0. The van der Waals surface area contributed by atoms with Crippen LogP contribution in [0.3, 0.4) is 0 Å². The Morgan fingerprint density at radius 2 is 1.45 bits per heavy atom. The van der Waals surface area contributed by atoms with Crippen molar-refractivity contribution in [3.8, 4) is 11.1 Å². The molecule has 2 heteroatoms. The summed E-state index contributed by atoms with van der Waals surface area (Å²) < 4.78 is 5.04. The van der Waals surface area contributed by atoms with E-state index >= 15 is 0 Å². The quantitative estimate of drug-likeness (QED) is 0.116. The van der Waals surface area contributed by atoms with Gasteiger partial charge in [0.25, 0.3) is 0 Å². The maximum atomic E-state index is 2.65. The Kier molecular flexibility index (Phi) is 4.46. The van der Waals surface area contributed by atoms with Crippen LogP contribution in [0.15, 0.2) is 79.0 Å². The highest BCUT2D eigenvalue weighted by molar-refractivity contribution is 6.26. The predicted octanol–water partition coefficient (Wildman–Crippen LogP) is 9.57. The van der Waals surface area contributed by atoms with Gasteiger partial charge in [-0.3, -0.25) is 0 Å². The van der Waals surface area contributed by atoms with Crippen LogP contribution in [0.2, 0.25) is 0 Å². The first kappa shape index (κ1) is 23.6. The van der Waals surface area contributed by atoms with Gasteiger partial charge in [-0.1, -0.05) is 36.4 Å². The lowest BCUT2D eigenvalue weighted by molar-refractivity contribution is -0.643. The highest BCUT2D eigenvalue weighted by Crippen LogP contribution is 2.61. The van der Waals surface area contributed by atoms with Crippen LogP contribution in [-0.4, -0.2) is 4.40 Å². The van der Waals surface area contributed by atoms with E-state index < -0.39 is 0 Å². The molecule has 0 radical (unpaired) electrons. The van der Waals surface area contributed by atoms with Gasteiger partial charge in [0, 0.05) is 16.8 Å². The van der Waals surface area contributed by atoms with Crippen LogP contribution in [0.4, 0.5) is 0 Å². The van der Waals surface area contributed by atoms with Crippen molar-refractivity contribution in [2.24, 2.45) is 24.8 Å². The predicted molar refractivity (Wildman–Crippen MR) is 175 cm³/mol. The molecule has 42 heavy (non-hydrogen) atoms. The summed E-state index contributed by atoms with van der Waals surface area (Å²) in [6.45, 7) is 4.62. The largest absolute Gasteiger partial charge is 0.307 e. The zero-order valence-corrected chi connectivity index (χ0v) is 24.9. The van der Waals surface area contributed by atoms with E-state index in [-0.39, 0.29) is 0 Å². The number of aryl methyl sites for hydroxylation is 3. The van der Waals surface area contributed by atoms with E-state index in [9.17, 15) is 0 Å². The Bertz CT molecular complexity index is 2210. The Labute approximate surface area is 246 Å². The number of fused-ring (bicyclic) bond motifs is 5. The summed E-state index contributed by atoms with van der Waals surface area (Å²) in [7, 11) is 2.24. The summed E-state index contributed by atoms with van der Waals surface area (Å²) >= 11 is 0. The third-order valence-electron chi connectivity index (χ3n) is 12.0. The van der Waals surface area contributed by atoms with Gasteiger partial charge in [-0.15, -0.1) is 0 Å². The van der Waals surface area contributed by atoms with Crippen molar-refractivity contribution >= 4 is 49.0 Å². The van der Waals surface area contributed by atoms with Gasteiger partial charge in [-0.05, 0) is 139 Å². The number of benzene rings is 4. The molecule has 0 unspecified atom stereocenters. The molecule has 4 saturated carbocycles. The van der Waals surface area contributed by atoms with Gasteiger partial charge in [0.2, 0.25) is 5.52 Å². The van der Waals surface area contributed by atoms with Crippen LogP contribution in [0.5, 0.6) is 0 Å². The maximum Gasteiger partial charge on any atom is 0.224 e. The molecule has 4 bridgehead atoms. The van der Waals surface area contributed by atoms with Crippen molar-refractivity contribution in [3.05, 3.63) is 95.7 Å². The minimum Gasteiger partial charge on any atom is -0.307 e. The van der Waals surface area contributed by atoms with Gasteiger partial charge in [0.15, 0.2) is 6.20 Å². The Morgan fingerprint density at radius 1 is 0.714 bits per heavy atom. The van der Waals surface area contributed by atoms with Crippen molar-refractivity contribution in [2.75, 3.05) is 0 Å². The van der Waals surface area contributed by atoms with Crippen LogP contribution in [0.25, 0.3) is 60.1 Å². The molecule has 206 valence electrons. The first-order valence-electron chi connectivity index (χ1n) is 16.1. The molecule has 4 aliphatic rings. The zero-order valence-electron chi connectivity index (χ0n) is 24.9. The fourth-order valence-corrected chi connectivity index (χ4v) is 10.5. The molecule has 2 nitrogen and oxygen atoms in total. The highest BCUT2D eigenvalue weighted by Gasteiger charge is 2.51. The topological polar surface area (TPSA) is 8.29 Å². The second kappa shape index (κ2) is 7.92. The Balaban J connectivity index is 1.38. The van der Waals surface area contributed by atoms with Crippen molar-refractivity contribution in [1.29, 1.82) is 0 Å². The highest BCUT2D eigenvalue weighted by atomic mass is 15.0. The summed E-state index contributed by atoms with van der Waals surface area (Å²) in [5.74, 6) is 2.82. The molecule has 4 aromatic carbocycles. The van der Waals surface area contributed by atoms with Crippen LogP contribution >= 0.6 is 0 Å². The molecule has 0 amide bonds. The van der Waals surface area contributed by atoms with E-state index in [0.29, 0.717) is 5.41 Å². The molecule has 7 aromatic rings. The summed E-state index contributed by atoms with van der Waals surface area (Å²) in [4.78, 5) is 0. The van der Waals surface area contributed by atoms with Crippen LogP contribution in [0.1, 0.15) is 55.2 Å². The average Bonchev–Trinajstić information content (AvgIpc) is 3.31. The number of pyridine rings is 2. The smallest absolute Gasteiger partial charge is 0.224 e. The van der Waals surface area contributed by atoms with Gasteiger partial charge in [-0.2, -0.15) is 0 Å². The van der Waals surface area contributed by atoms with Gasteiger partial charge < -0.3 is 4.40 Å². The summed E-state index contributed by atoms with van der Waals surface area (Å²) in [6, 6.07) is 28.1. The molecular formula is C40H37N2+. The third kappa shape index (κ3) is 2.93. The van der Waals surface area contributed by atoms with E-state index in [4.69, 9.17) is 0 Å². The number of aromatic nitrogens is 2. The molecule has 3 aromatic heterocycles. The second-order valence-electron chi connectivity index (χ2n) is 14.5. The molecule has 0 aliphatic heterocycles. The van der Waals surface area contributed by atoms with Crippen LogP contribution in [0, 0.1) is 31.6 Å². The Hall–Kier alpha value is -3.91. The van der Waals surface area contributed by atoms with Crippen molar-refractivity contribution in [3.63, 3.8) is 0 Å². The van der Waals surface area contributed by atoms with E-state index in [1.807, 2.05) is 0 Å². The normalized spacial score (nSPS) is 25.3. The van der Waals surface area contributed by atoms with E-state index in [2.05, 4.69) is 109 Å². The third-order valence-corrected chi connectivity index (χ3v) is 12.0. The molecule has 4 fully saturated rings. The first-order chi connectivity index (χ1) is 20.5. The van der Waals surface area contributed by atoms with Crippen LogP contribution in [-0.2, 0) is 12.5 Å². The molecule has 0 N–H and O–H groups in total. The summed E-state index contributed by atoms with van der Waals surface area (Å²) in [6.07, 6.45) is 11.0. The number of rotatable bonds is 2. The molecule has 0 spiro atoms. The van der Waals surface area contributed by atoms with Gasteiger partial charge in [0.05, 0.1) is 27.3 Å². The zero-order chi connectivity index (χ0) is 27.9. The Morgan fingerprint density at radius 3 is 2.19 bits per heavy atom. The van der Waals surface area contributed by atoms with Crippen molar-refractivity contribution < 1.29 is 4.57 Å². The minimum atomic E-state index is 0.365. The number of nitrogens with zero attached hydrogens (tertiary/aromatic N) is 2. The lowest BCUT2D eigenvalue weighted by Crippen LogP contribution is -2.48. The monoisotopic (exact) mass is 545 g/mol. The van der Waals surface area contributed by atoms with Crippen LogP contribution < -0.4 is 4.57 Å².